The molecule has 0 spiro atoms. The smallest absolute Gasteiger partial charge is 0.335 e. The standard InChI is InChI=1S/C19H18N2O4/c1-11-3-8-15(12(2)9-11)20-16-10-17(22)21(18(16)23)14-6-4-13(5-7-14)19(24)25/h3-9,16,20H,10H2,1-2H3,(H,24,25). The zero-order valence-electron chi connectivity index (χ0n) is 13.9. The van der Waals surface area contributed by atoms with E-state index >= 15 is 0 Å². The van der Waals surface area contributed by atoms with Crippen LogP contribution in [0.2, 0.25) is 0 Å². The first-order chi connectivity index (χ1) is 11.9. The number of anilines is 2. The van der Waals surface area contributed by atoms with E-state index in [2.05, 4.69) is 5.32 Å². The van der Waals surface area contributed by atoms with Crippen LogP contribution in [-0.4, -0.2) is 28.9 Å². The van der Waals surface area contributed by atoms with Crippen molar-refractivity contribution >= 4 is 29.2 Å². The number of nitrogens with one attached hydrogen (secondary N) is 1. The summed E-state index contributed by atoms with van der Waals surface area (Å²) in [7, 11) is 0. The van der Waals surface area contributed by atoms with Gasteiger partial charge in [0.05, 0.1) is 17.7 Å². The number of amides is 2. The fourth-order valence-electron chi connectivity index (χ4n) is 2.93. The highest BCUT2D eigenvalue weighted by Crippen LogP contribution is 2.26. The maximum atomic E-state index is 12.6. The molecule has 6 nitrogen and oxygen atoms in total. The molecule has 1 aliphatic heterocycles. The van der Waals surface area contributed by atoms with E-state index in [4.69, 9.17) is 5.11 Å². The van der Waals surface area contributed by atoms with Crippen molar-refractivity contribution in [2.45, 2.75) is 26.3 Å². The Morgan fingerprint density at radius 3 is 2.40 bits per heavy atom. The van der Waals surface area contributed by atoms with Crippen molar-refractivity contribution in [3.05, 3.63) is 59.2 Å². The predicted molar refractivity (Wildman–Crippen MR) is 93.8 cm³/mol. The number of carboxylic acid groups (broad SMARTS) is 1. The van der Waals surface area contributed by atoms with Crippen molar-refractivity contribution < 1.29 is 19.5 Å². The minimum Gasteiger partial charge on any atom is -0.478 e. The molecule has 1 fully saturated rings. The number of aromatic carboxylic acids is 1. The molecule has 1 heterocycles. The lowest BCUT2D eigenvalue weighted by Gasteiger charge is -2.17. The topological polar surface area (TPSA) is 86.7 Å². The Labute approximate surface area is 145 Å². The second kappa shape index (κ2) is 6.39. The van der Waals surface area contributed by atoms with E-state index in [1.807, 2.05) is 32.0 Å². The summed E-state index contributed by atoms with van der Waals surface area (Å²) in [4.78, 5) is 37.0. The van der Waals surface area contributed by atoms with Crippen molar-refractivity contribution in [2.75, 3.05) is 10.2 Å². The molecule has 1 unspecified atom stereocenters. The lowest BCUT2D eigenvalue weighted by molar-refractivity contribution is -0.121. The van der Waals surface area contributed by atoms with Gasteiger partial charge in [0.15, 0.2) is 0 Å². The van der Waals surface area contributed by atoms with Gasteiger partial charge in [0.25, 0.3) is 5.91 Å². The van der Waals surface area contributed by atoms with Crippen molar-refractivity contribution in [1.82, 2.24) is 0 Å². The van der Waals surface area contributed by atoms with E-state index in [1.54, 1.807) is 0 Å². The Morgan fingerprint density at radius 1 is 1.12 bits per heavy atom. The summed E-state index contributed by atoms with van der Waals surface area (Å²) < 4.78 is 0. The minimum absolute atomic E-state index is 0.0623. The van der Waals surface area contributed by atoms with Gasteiger partial charge in [-0.25, -0.2) is 9.69 Å². The number of nitrogens with zero attached hydrogens (tertiary/aromatic N) is 1. The highest BCUT2D eigenvalue weighted by Gasteiger charge is 2.39. The summed E-state index contributed by atoms with van der Waals surface area (Å²) in [5, 5.41) is 12.1. The molecule has 6 heteroatoms. The molecule has 1 atom stereocenters. The predicted octanol–water partition coefficient (Wildman–Crippen LogP) is 2.75. The van der Waals surface area contributed by atoms with Crippen LogP contribution in [0.15, 0.2) is 42.5 Å². The van der Waals surface area contributed by atoms with Crippen LogP contribution in [-0.2, 0) is 9.59 Å². The molecule has 128 valence electrons. The lowest BCUT2D eigenvalue weighted by atomic mass is 10.1. The monoisotopic (exact) mass is 338 g/mol. The number of hydrogen-bond acceptors (Lipinski definition) is 4. The van der Waals surface area contributed by atoms with Crippen molar-refractivity contribution in [3.63, 3.8) is 0 Å². The van der Waals surface area contributed by atoms with E-state index in [-0.39, 0.29) is 23.8 Å². The molecule has 0 bridgehead atoms. The van der Waals surface area contributed by atoms with Gasteiger partial charge in [-0.15, -0.1) is 0 Å². The SMILES string of the molecule is Cc1ccc(NC2CC(=O)N(c3ccc(C(=O)O)cc3)C2=O)c(C)c1. The Morgan fingerprint density at radius 2 is 1.80 bits per heavy atom. The number of hydrogen-bond donors (Lipinski definition) is 2. The third-order valence-corrected chi connectivity index (χ3v) is 4.23. The average Bonchev–Trinajstić information content (AvgIpc) is 2.84. The third-order valence-electron chi connectivity index (χ3n) is 4.23. The Balaban J connectivity index is 1.81. The van der Waals surface area contributed by atoms with Crippen LogP contribution in [0.5, 0.6) is 0 Å². The van der Waals surface area contributed by atoms with Gasteiger partial charge in [0, 0.05) is 5.69 Å². The lowest BCUT2D eigenvalue weighted by Crippen LogP contribution is -2.34. The Kier molecular flexibility index (Phi) is 4.27. The molecule has 2 aromatic carbocycles. The van der Waals surface area contributed by atoms with Gasteiger partial charge in [0.1, 0.15) is 6.04 Å². The Bertz CT molecular complexity index is 858. The molecule has 0 aromatic heterocycles. The van der Waals surface area contributed by atoms with Gasteiger partial charge in [-0.2, -0.15) is 0 Å². The van der Waals surface area contributed by atoms with Crippen LogP contribution in [0, 0.1) is 13.8 Å². The summed E-state index contributed by atoms with van der Waals surface area (Å²) in [6, 6.07) is 10.9. The third kappa shape index (κ3) is 3.24. The van der Waals surface area contributed by atoms with Gasteiger partial charge in [-0.05, 0) is 49.7 Å². The largest absolute Gasteiger partial charge is 0.478 e. The molecular weight excluding hydrogens is 320 g/mol. The molecule has 0 aliphatic carbocycles. The molecule has 0 saturated carbocycles. The molecule has 2 N–H and O–H groups in total. The van der Waals surface area contributed by atoms with Crippen LogP contribution in [0.1, 0.15) is 27.9 Å². The molecule has 25 heavy (non-hydrogen) atoms. The zero-order valence-corrected chi connectivity index (χ0v) is 13.9. The summed E-state index contributed by atoms with van der Waals surface area (Å²) >= 11 is 0. The van der Waals surface area contributed by atoms with Crippen molar-refractivity contribution in [1.29, 1.82) is 0 Å². The first-order valence-corrected chi connectivity index (χ1v) is 7.91. The van der Waals surface area contributed by atoms with Gasteiger partial charge in [-0.1, -0.05) is 17.7 Å². The molecule has 3 rings (SSSR count). The van der Waals surface area contributed by atoms with E-state index in [0.29, 0.717) is 5.69 Å². The number of carbonyl (C=O) groups excluding carboxylic acids is 2. The van der Waals surface area contributed by atoms with Crippen molar-refractivity contribution in [2.24, 2.45) is 0 Å². The normalized spacial score (nSPS) is 17.0. The van der Waals surface area contributed by atoms with E-state index in [1.165, 1.54) is 24.3 Å². The molecule has 0 radical (unpaired) electrons. The number of rotatable bonds is 4. The van der Waals surface area contributed by atoms with Gasteiger partial charge in [-0.3, -0.25) is 9.59 Å². The highest BCUT2D eigenvalue weighted by atomic mass is 16.4. The molecule has 2 amide bonds. The quantitative estimate of drug-likeness (QED) is 0.837. The summed E-state index contributed by atoms with van der Waals surface area (Å²) in [5.41, 5.74) is 3.43. The second-order valence-electron chi connectivity index (χ2n) is 6.14. The van der Waals surface area contributed by atoms with Crippen molar-refractivity contribution in [3.8, 4) is 0 Å². The van der Waals surface area contributed by atoms with Crippen LogP contribution < -0.4 is 10.2 Å². The molecule has 2 aromatic rings. The van der Waals surface area contributed by atoms with E-state index < -0.39 is 12.0 Å². The number of benzene rings is 2. The fraction of sp³-hybridized carbons (Fsp3) is 0.211. The summed E-state index contributed by atoms with van der Waals surface area (Å²) in [6.07, 6.45) is 0.0623. The second-order valence-corrected chi connectivity index (χ2v) is 6.14. The average molecular weight is 338 g/mol. The number of imide groups is 1. The Hall–Kier alpha value is -3.15. The summed E-state index contributed by atoms with van der Waals surface area (Å²) in [5.74, 6) is -1.71. The van der Waals surface area contributed by atoms with Gasteiger partial charge in [0.2, 0.25) is 5.91 Å². The maximum Gasteiger partial charge on any atom is 0.335 e. The molecular formula is C19H18N2O4. The van der Waals surface area contributed by atoms with Crippen LogP contribution >= 0.6 is 0 Å². The molecule has 1 aliphatic rings. The van der Waals surface area contributed by atoms with Crippen LogP contribution in [0.4, 0.5) is 11.4 Å². The first kappa shape index (κ1) is 16.7. The summed E-state index contributed by atoms with van der Waals surface area (Å²) in [6.45, 7) is 3.93. The number of aryl methyl sites for hydroxylation is 2. The molecule has 1 saturated heterocycles. The zero-order chi connectivity index (χ0) is 18.1. The highest BCUT2D eigenvalue weighted by molar-refractivity contribution is 6.23. The fourth-order valence-corrected chi connectivity index (χ4v) is 2.93. The number of carbonyl (C=O) groups is 3. The maximum absolute atomic E-state index is 12.6. The van der Waals surface area contributed by atoms with E-state index in [9.17, 15) is 14.4 Å². The van der Waals surface area contributed by atoms with Crippen LogP contribution in [0.25, 0.3) is 0 Å². The van der Waals surface area contributed by atoms with E-state index in [0.717, 1.165) is 21.7 Å². The number of carboxylic acids is 1. The van der Waals surface area contributed by atoms with Gasteiger partial charge < -0.3 is 10.4 Å². The van der Waals surface area contributed by atoms with Gasteiger partial charge >= 0.3 is 5.97 Å². The first-order valence-electron chi connectivity index (χ1n) is 7.91. The minimum atomic E-state index is -1.06. The van der Waals surface area contributed by atoms with Crippen LogP contribution in [0.3, 0.4) is 0 Å².